The van der Waals surface area contributed by atoms with E-state index in [1.165, 1.54) is 18.0 Å². The average molecular weight is 541 g/mol. The zero-order chi connectivity index (χ0) is 23.9. The molecule has 2 aromatic heterocycles. The number of carbonyl (C=O) groups excluding carboxylic acids is 1. The number of amides is 1. The fourth-order valence-corrected chi connectivity index (χ4v) is 4.30. The summed E-state index contributed by atoms with van der Waals surface area (Å²) in [5.74, 6) is 1.19. The van der Waals surface area contributed by atoms with Crippen LogP contribution in [0, 0.1) is 0 Å². The van der Waals surface area contributed by atoms with Gasteiger partial charge in [-0.05, 0) is 30.3 Å². The lowest BCUT2D eigenvalue weighted by Gasteiger charge is -2.08. The molecule has 0 saturated carbocycles. The van der Waals surface area contributed by atoms with E-state index in [1.807, 2.05) is 47.0 Å². The molecule has 1 amide bonds. The summed E-state index contributed by atoms with van der Waals surface area (Å²) in [6.07, 6.45) is 3.29. The highest BCUT2D eigenvalue weighted by Crippen LogP contribution is 2.21. The molecule has 174 valence electrons. The monoisotopic (exact) mass is 540 g/mol. The third-order valence-corrected chi connectivity index (χ3v) is 6.19. The van der Waals surface area contributed by atoms with Crippen LogP contribution in [0.3, 0.4) is 0 Å². The lowest BCUT2D eigenvalue weighted by Crippen LogP contribution is -2.20. The number of thioether (sulfide) groups is 1. The normalized spacial score (nSPS) is 11.2. The number of halogens is 1. The Morgan fingerprint density at radius 2 is 2.12 bits per heavy atom. The zero-order valence-electron chi connectivity index (χ0n) is 18.3. The Labute approximate surface area is 208 Å². The molecule has 0 atom stereocenters. The van der Waals surface area contributed by atoms with Crippen LogP contribution >= 0.6 is 27.7 Å². The summed E-state index contributed by atoms with van der Waals surface area (Å²) in [5.41, 5.74) is 4.98. The van der Waals surface area contributed by atoms with Crippen LogP contribution in [0.2, 0.25) is 0 Å². The second-order valence-corrected chi connectivity index (χ2v) is 8.86. The van der Waals surface area contributed by atoms with Gasteiger partial charge < -0.3 is 9.30 Å². The quantitative estimate of drug-likeness (QED) is 0.142. The predicted octanol–water partition coefficient (Wildman–Crippen LogP) is 3.27. The van der Waals surface area contributed by atoms with Crippen molar-refractivity contribution in [2.45, 2.75) is 18.2 Å². The van der Waals surface area contributed by atoms with Crippen molar-refractivity contribution in [2.24, 2.45) is 5.10 Å². The zero-order valence-corrected chi connectivity index (χ0v) is 20.7. The van der Waals surface area contributed by atoms with Crippen LogP contribution in [0.1, 0.15) is 11.4 Å². The molecule has 2 aromatic carbocycles. The molecule has 0 radical (unpaired) electrons. The van der Waals surface area contributed by atoms with Crippen molar-refractivity contribution < 1.29 is 9.53 Å². The number of fused-ring (bicyclic) bond motifs is 1. The molecule has 0 fully saturated rings. The number of carbonyl (C=O) groups is 1. The molecular weight excluding hydrogens is 520 g/mol. The lowest BCUT2D eigenvalue weighted by molar-refractivity contribution is -0.118. The number of hydrogen-bond donors (Lipinski definition) is 1. The predicted molar refractivity (Wildman–Crippen MR) is 134 cm³/mol. The number of rotatable bonds is 10. The number of allylic oxidation sites excluding steroid dienone is 1. The van der Waals surface area contributed by atoms with Crippen molar-refractivity contribution in [1.82, 2.24) is 35.2 Å². The van der Waals surface area contributed by atoms with Gasteiger partial charge in [0, 0.05) is 16.6 Å². The standard InChI is InChI=1S/C22H21BrN8O2S/c1-3-10-30-20(13-31-18-7-5-4-6-17(18)25-29-31)26-28-22(30)34-14-21(32)27-24-12-15-11-16(23)8-9-19(15)33-2/h3-9,11-12H,1,10,13-14H2,2H3,(H,27,32)/b24-12+. The highest BCUT2D eigenvalue weighted by Gasteiger charge is 2.15. The van der Waals surface area contributed by atoms with Gasteiger partial charge in [-0.2, -0.15) is 5.10 Å². The smallest absolute Gasteiger partial charge is 0.250 e. The minimum absolute atomic E-state index is 0.120. The molecule has 0 aliphatic carbocycles. The molecule has 0 unspecified atom stereocenters. The van der Waals surface area contributed by atoms with Crippen LogP contribution in [0.15, 0.2) is 69.9 Å². The van der Waals surface area contributed by atoms with E-state index in [4.69, 9.17) is 4.74 Å². The largest absolute Gasteiger partial charge is 0.496 e. The molecule has 1 N–H and O–H groups in total. The van der Waals surface area contributed by atoms with E-state index in [9.17, 15) is 4.79 Å². The molecule has 4 aromatic rings. The number of ether oxygens (including phenoxy) is 1. The van der Waals surface area contributed by atoms with Gasteiger partial charge in [0.05, 0.1) is 24.6 Å². The number of hydrogen-bond acceptors (Lipinski definition) is 8. The summed E-state index contributed by atoms with van der Waals surface area (Å²) < 4.78 is 9.85. The third-order valence-electron chi connectivity index (χ3n) is 4.73. The molecule has 0 spiro atoms. The molecule has 12 heteroatoms. The van der Waals surface area contributed by atoms with Crippen molar-refractivity contribution in [1.29, 1.82) is 0 Å². The maximum absolute atomic E-state index is 12.3. The third kappa shape index (κ3) is 5.51. The van der Waals surface area contributed by atoms with Gasteiger partial charge in [-0.1, -0.05) is 51.1 Å². The highest BCUT2D eigenvalue weighted by atomic mass is 79.9. The number of methoxy groups -OCH3 is 1. The number of benzene rings is 2. The number of para-hydroxylation sites is 1. The summed E-state index contributed by atoms with van der Waals surface area (Å²) in [6, 6.07) is 13.2. The fraction of sp³-hybridized carbons (Fsp3) is 0.182. The van der Waals surface area contributed by atoms with Crippen LogP contribution in [0.25, 0.3) is 11.0 Å². The van der Waals surface area contributed by atoms with Crippen molar-refractivity contribution in [3.05, 3.63) is 71.0 Å². The Kier molecular flexibility index (Phi) is 7.70. The Hall–Kier alpha value is -3.51. The summed E-state index contributed by atoms with van der Waals surface area (Å²) in [7, 11) is 1.58. The number of aromatic nitrogens is 6. The van der Waals surface area contributed by atoms with E-state index < -0.39 is 0 Å². The first-order valence-corrected chi connectivity index (χ1v) is 12.0. The highest BCUT2D eigenvalue weighted by molar-refractivity contribution is 9.10. The summed E-state index contributed by atoms with van der Waals surface area (Å²) >= 11 is 4.68. The van der Waals surface area contributed by atoms with E-state index in [1.54, 1.807) is 17.9 Å². The van der Waals surface area contributed by atoms with Crippen molar-refractivity contribution in [2.75, 3.05) is 12.9 Å². The SMILES string of the molecule is C=CCn1c(Cn2nnc3ccccc32)nnc1SCC(=O)N/N=C/c1cc(Br)ccc1OC. The Bertz CT molecular complexity index is 1350. The molecule has 2 heterocycles. The van der Waals surface area contributed by atoms with Gasteiger partial charge in [0.1, 0.15) is 17.8 Å². The van der Waals surface area contributed by atoms with Crippen LogP contribution in [0.4, 0.5) is 0 Å². The minimum atomic E-state index is -0.271. The van der Waals surface area contributed by atoms with Crippen LogP contribution < -0.4 is 10.2 Å². The molecule has 4 rings (SSSR count). The average Bonchev–Trinajstić information content (AvgIpc) is 3.42. The van der Waals surface area contributed by atoms with Crippen LogP contribution in [-0.2, 0) is 17.9 Å². The maximum atomic E-state index is 12.3. The molecule has 0 saturated heterocycles. The van der Waals surface area contributed by atoms with Gasteiger partial charge in [-0.3, -0.25) is 4.79 Å². The fourth-order valence-electron chi connectivity index (χ4n) is 3.17. The van der Waals surface area contributed by atoms with E-state index in [0.29, 0.717) is 29.8 Å². The van der Waals surface area contributed by atoms with E-state index >= 15 is 0 Å². The summed E-state index contributed by atoms with van der Waals surface area (Å²) in [4.78, 5) is 12.3. The first kappa shape index (κ1) is 23.6. The molecule has 0 bridgehead atoms. The van der Waals surface area contributed by atoms with E-state index in [0.717, 1.165) is 21.1 Å². The number of hydrazone groups is 1. The van der Waals surface area contributed by atoms with Gasteiger partial charge in [0.2, 0.25) is 0 Å². The van der Waals surface area contributed by atoms with E-state index in [-0.39, 0.29) is 11.7 Å². The molecule has 10 nitrogen and oxygen atoms in total. The summed E-state index contributed by atoms with van der Waals surface area (Å²) in [6.45, 7) is 4.71. The second kappa shape index (κ2) is 11.1. The van der Waals surface area contributed by atoms with Crippen molar-refractivity contribution in [3.8, 4) is 5.75 Å². The van der Waals surface area contributed by atoms with Gasteiger partial charge in [-0.25, -0.2) is 10.1 Å². The Balaban J connectivity index is 1.40. The Morgan fingerprint density at radius 3 is 2.94 bits per heavy atom. The first-order chi connectivity index (χ1) is 16.6. The minimum Gasteiger partial charge on any atom is -0.496 e. The van der Waals surface area contributed by atoms with Crippen molar-refractivity contribution in [3.63, 3.8) is 0 Å². The van der Waals surface area contributed by atoms with E-state index in [2.05, 4.69) is 53.5 Å². The molecular formula is C22H21BrN8O2S. The number of nitrogens with one attached hydrogen (secondary N) is 1. The lowest BCUT2D eigenvalue weighted by atomic mass is 10.2. The molecule has 0 aliphatic heterocycles. The molecule has 0 aliphatic rings. The van der Waals surface area contributed by atoms with Crippen molar-refractivity contribution >= 4 is 50.8 Å². The maximum Gasteiger partial charge on any atom is 0.250 e. The van der Waals surface area contributed by atoms with Gasteiger partial charge >= 0.3 is 0 Å². The van der Waals surface area contributed by atoms with Gasteiger partial charge in [-0.15, -0.1) is 21.9 Å². The summed E-state index contributed by atoms with van der Waals surface area (Å²) in [5, 5.41) is 21.6. The first-order valence-electron chi connectivity index (χ1n) is 10.2. The van der Waals surface area contributed by atoms with Crippen LogP contribution in [0.5, 0.6) is 5.75 Å². The topological polar surface area (TPSA) is 112 Å². The van der Waals surface area contributed by atoms with Crippen LogP contribution in [-0.4, -0.2) is 54.7 Å². The number of nitrogens with zero attached hydrogens (tertiary/aromatic N) is 7. The van der Waals surface area contributed by atoms with Gasteiger partial charge in [0.25, 0.3) is 5.91 Å². The second-order valence-electron chi connectivity index (χ2n) is 7.00. The van der Waals surface area contributed by atoms with Gasteiger partial charge in [0.15, 0.2) is 11.0 Å². The molecule has 34 heavy (non-hydrogen) atoms. The Morgan fingerprint density at radius 1 is 1.26 bits per heavy atom.